The first-order valence-electron chi connectivity index (χ1n) is 18.3. The number of sulfonamides is 4. The highest BCUT2D eigenvalue weighted by molar-refractivity contribution is 7.90. The Morgan fingerprint density at radius 3 is 1.11 bits per heavy atom. The molecule has 0 bridgehead atoms. The fourth-order valence-corrected chi connectivity index (χ4v) is 11.1. The number of rotatable bonds is 21. The van der Waals surface area contributed by atoms with Gasteiger partial charge in [0.1, 0.15) is 0 Å². The summed E-state index contributed by atoms with van der Waals surface area (Å²) in [7, 11) is -15.7. The maximum Gasteiger partial charge on any atom is 0.243 e. The summed E-state index contributed by atoms with van der Waals surface area (Å²) in [5, 5.41) is 0. The molecule has 0 aromatic heterocycles. The average molecular weight is 845 g/mol. The van der Waals surface area contributed by atoms with Crippen molar-refractivity contribution >= 4 is 40.1 Å². The summed E-state index contributed by atoms with van der Waals surface area (Å²) in [6.07, 6.45) is 3.51. The Kier molecular flexibility index (Phi) is 15.7. The second-order valence-electron chi connectivity index (χ2n) is 13.6. The molecule has 0 amide bonds. The van der Waals surface area contributed by atoms with E-state index in [2.05, 4.69) is 4.72 Å². The molecule has 12 nitrogen and oxygen atoms in total. The highest BCUT2D eigenvalue weighted by Gasteiger charge is 2.27. The van der Waals surface area contributed by atoms with Crippen LogP contribution in [0.25, 0.3) is 0 Å². The van der Waals surface area contributed by atoms with E-state index in [4.69, 9.17) is 0 Å². The second kappa shape index (κ2) is 19.6. The van der Waals surface area contributed by atoms with E-state index < -0.39 is 40.1 Å². The van der Waals surface area contributed by atoms with Gasteiger partial charge in [-0.25, -0.2) is 38.4 Å². The lowest BCUT2D eigenvalue weighted by molar-refractivity contribution is 0.379. The Bertz CT molecular complexity index is 2370. The standard InChI is InChI=1S/C40H52N4O8S4/c1-6-42(54(47,48)38-21-13-34(3)14-22-38)31-10-32-44(56(51,52)40-25-17-36(5)18-26-40)29-8-7-28-43(55(49,50)39-23-15-35(4)16-24-39)30-9-27-41-53(45,46)37-19-11-33(2)12-20-37/h7-8,11-26,41H,6,9-10,27-32H2,1-5H3. The maximum absolute atomic E-state index is 13.9. The molecule has 1 N–H and O–H groups in total. The third-order valence-corrected chi connectivity index (χ3v) is 16.4. The molecule has 0 saturated carbocycles. The van der Waals surface area contributed by atoms with Gasteiger partial charge < -0.3 is 0 Å². The van der Waals surface area contributed by atoms with E-state index in [0.717, 1.165) is 22.3 Å². The van der Waals surface area contributed by atoms with Gasteiger partial charge in [0.15, 0.2) is 0 Å². The van der Waals surface area contributed by atoms with Crippen molar-refractivity contribution in [3.05, 3.63) is 131 Å². The molecule has 0 aliphatic carbocycles. The van der Waals surface area contributed by atoms with Gasteiger partial charge in [0, 0.05) is 45.8 Å². The predicted octanol–water partition coefficient (Wildman–Crippen LogP) is 5.63. The fraction of sp³-hybridized carbons (Fsp3) is 0.350. The molecule has 0 heterocycles. The summed E-state index contributed by atoms with van der Waals surface area (Å²) in [5.74, 6) is 0. The van der Waals surface area contributed by atoms with Crippen LogP contribution in [0.4, 0.5) is 0 Å². The Labute approximate surface area is 334 Å². The van der Waals surface area contributed by atoms with Gasteiger partial charge in [0.2, 0.25) is 40.1 Å². The molecular formula is C40H52N4O8S4. The zero-order chi connectivity index (χ0) is 41.1. The maximum atomic E-state index is 13.9. The van der Waals surface area contributed by atoms with E-state index in [-0.39, 0.29) is 78.2 Å². The van der Waals surface area contributed by atoms with E-state index in [1.807, 2.05) is 27.7 Å². The molecule has 0 saturated heterocycles. The van der Waals surface area contributed by atoms with Gasteiger partial charge in [0.05, 0.1) is 19.6 Å². The molecule has 4 aromatic rings. The number of hydrogen-bond donors (Lipinski definition) is 1. The van der Waals surface area contributed by atoms with Crippen LogP contribution in [0.3, 0.4) is 0 Å². The number of aryl methyl sites for hydroxylation is 4. The van der Waals surface area contributed by atoms with Crippen molar-refractivity contribution in [1.82, 2.24) is 17.6 Å². The third kappa shape index (κ3) is 11.9. The van der Waals surface area contributed by atoms with Crippen LogP contribution < -0.4 is 4.72 Å². The smallest absolute Gasteiger partial charge is 0.211 e. The van der Waals surface area contributed by atoms with Crippen molar-refractivity contribution in [2.45, 2.75) is 67.0 Å². The molecule has 0 spiro atoms. The zero-order valence-corrected chi connectivity index (χ0v) is 35.8. The minimum Gasteiger partial charge on any atom is -0.211 e. The lowest BCUT2D eigenvalue weighted by atomic mass is 10.2. The van der Waals surface area contributed by atoms with Crippen LogP contribution in [0.15, 0.2) is 129 Å². The van der Waals surface area contributed by atoms with Gasteiger partial charge >= 0.3 is 0 Å². The number of hydrogen-bond acceptors (Lipinski definition) is 8. The van der Waals surface area contributed by atoms with Crippen LogP contribution in [0.5, 0.6) is 0 Å². The first-order chi connectivity index (χ1) is 26.4. The second-order valence-corrected chi connectivity index (χ2v) is 21.1. The summed E-state index contributed by atoms with van der Waals surface area (Å²) in [6, 6.07) is 25.8. The summed E-state index contributed by atoms with van der Waals surface area (Å²) < 4.78 is 114. The lowest BCUT2D eigenvalue weighted by Crippen LogP contribution is -2.37. The van der Waals surface area contributed by atoms with Crippen LogP contribution >= 0.6 is 0 Å². The Morgan fingerprint density at radius 2 is 0.750 bits per heavy atom. The predicted molar refractivity (Wildman–Crippen MR) is 220 cm³/mol. The summed E-state index contributed by atoms with van der Waals surface area (Å²) in [5.41, 5.74) is 3.60. The molecule has 16 heteroatoms. The van der Waals surface area contributed by atoms with Crippen LogP contribution in [0.2, 0.25) is 0 Å². The molecular weight excluding hydrogens is 793 g/mol. The molecule has 0 aliphatic heterocycles. The molecule has 4 aromatic carbocycles. The van der Waals surface area contributed by atoms with E-state index >= 15 is 0 Å². The van der Waals surface area contributed by atoms with Crippen LogP contribution in [-0.2, 0) is 40.1 Å². The largest absolute Gasteiger partial charge is 0.243 e. The molecule has 4 rings (SSSR count). The minimum atomic E-state index is -4.03. The first-order valence-corrected chi connectivity index (χ1v) is 24.1. The molecule has 0 unspecified atom stereocenters. The van der Waals surface area contributed by atoms with E-state index in [1.54, 1.807) is 79.7 Å². The Hall–Kier alpha value is -3.74. The first kappa shape index (κ1) is 45.0. The third-order valence-electron chi connectivity index (χ3n) is 9.14. The fourth-order valence-electron chi connectivity index (χ4n) is 5.72. The van der Waals surface area contributed by atoms with E-state index in [9.17, 15) is 33.7 Å². The Balaban J connectivity index is 1.51. The van der Waals surface area contributed by atoms with Gasteiger partial charge in [-0.3, -0.25) is 0 Å². The summed E-state index contributed by atoms with van der Waals surface area (Å²) in [4.78, 5) is 0.413. The molecule has 56 heavy (non-hydrogen) atoms. The van der Waals surface area contributed by atoms with Crippen molar-refractivity contribution in [2.24, 2.45) is 0 Å². The van der Waals surface area contributed by atoms with E-state index in [1.165, 1.54) is 49.3 Å². The van der Waals surface area contributed by atoms with Crippen LogP contribution in [-0.4, -0.2) is 92.4 Å². The van der Waals surface area contributed by atoms with Crippen molar-refractivity contribution < 1.29 is 33.7 Å². The van der Waals surface area contributed by atoms with Gasteiger partial charge in [-0.05, 0) is 89.1 Å². The molecule has 304 valence electrons. The van der Waals surface area contributed by atoms with Crippen molar-refractivity contribution in [3.8, 4) is 0 Å². The van der Waals surface area contributed by atoms with Crippen LogP contribution in [0, 0.1) is 27.7 Å². The van der Waals surface area contributed by atoms with Gasteiger partial charge in [-0.2, -0.15) is 12.9 Å². The summed E-state index contributed by atoms with van der Waals surface area (Å²) in [6.45, 7) is 9.14. The van der Waals surface area contributed by atoms with Crippen molar-refractivity contribution in [1.29, 1.82) is 0 Å². The monoisotopic (exact) mass is 844 g/mol. The van der Waals surface area contributed by atoms with Crippen LogP contribution in [0.1, 0.15) is 42.0 Å². The van der Waals surface area contributed by atoms with Crippen molar-refractivity contribution in [3.63, 3.8) is 0 Å². The Morgan fingerprint density at radius 1 is 0.446 bits per heavy atom. The quantitative estimate of drug-likeness (QED) is 0.0836. The zero-order valence-electron chi connectivity index (χ0n) is 32.5. The average Bonchev–Trinajstić information content (AvgIpc) is 3.15. The van der Waals surface area contributed by atoms with Crippen molar-refractivity contribution in [2.75, 3.05) is 45.8 Å². The highest BCUT2D eigenvalue weighted by atomic mass is 32.2. The topological polar surface area (TPSA) is 158 Å². The molecule has 0 aliphatic rings. The SMILES string of the molecule is CCN(CCCN(CC=CCN(CCCNS(=O)(=O)c1ccc(C)cc1)S(=O)(=O)c1ccc(C)cc1)S(=O)(=O)c1ccc(C)cc1)S(=O)(=O)c1ccc(C)cc1. The normalized spacial score (nSPS) is 13.0. The molecule has 0 atom stereocenters. The van der Waals surface area contributed by atoms with Gasteiger partial charge in [-0.1, -0.05) is 89.9 Å². The lowest BCUT2D eigenvalue weighted by Gasteiger charge is -2.24. The van der Waals surface area contributed by atoms with E-state index in [0.29, 0.717) is 0 Å². The summed E-state index contributed by atoms with van der Waals surface area (Å²) >= 11 is 0. The number of benzene rings is 4. The molecule has 0 radical (unpaired) electrons. The van der Waals surface area contributed by atoms with Gasteiger partial charge in [0.25, 0.3) is 0 Å². The molecule has 0 fully saturated rings. The highest BCUT2D eigenvalue weighted by Crippen LogP contribution is 2.21. The number of nitrogens with one attached hydrogen (secondary N) is 1. The minimum absolute atomic E-state index is 0.00697. The number of nitrogens with zero attached hydrogens (tertiary/aromatic N) is 3. The van der Waals surface area contributed by atoms with Gasteiger partial charge in [-0.15, -0.1) is 0 Å².